The second-order valence-electron chi connectivity index (χ2n) is 9.82. The Morgan fingerprint density at radius 1 is 0.838 bits per heavy atom. The topological polar surface area (TPSA) is 57.2 Å². The number of methoxy groups -OCH3 is 3. The van der Waals surface area contributed by atoms with Crippen molar-refractivity contribution in [2.24, 2.45) is 0 Å². The van der Waals surface area contributed by atoms with E-state index >= 15 is 0 Å². The van der Waals surface area contributed by atoms with Gasteiger partial charge in [0, 0.05) is 25.4 Å². The molecule has 0 radical (unpaired) electrons. The molecule has 6 nitrogen and oxygen atoms in total. The van der Waals surface area contributed by atoms with Crippen LogP contribution < -0.4 is 18.9 Å². The van der Waals surface area contributed by atoms with Gasteiger partial charge < -0.3 is 23.8 Å². The first-order valence-corrected chi connectivity index (χ1v) is 13.0. The van der Waals surface area contributed by atoms with E-state index in [4.69, 9.17) is 18.9 Å². The van der Waals surface area contributed by atoms with E-state index in [-0.39, 0.29) is 18.1 Å². The summed E-state index contributed by atoms with van der Waals surface area (Å²) in [7, 11) is 4.68. The average Bonchev–Trinajstić information content (AvgIpc) is 3.60. The molecule has 0 heterocycles. The van der Waals surface area contributed by atoms with Crippen LogP contribution in [0.3, 0.4) is 0 Å². The first kappa shape index (κ1) is 25.0. The number of hydrogen-bond acceptors (Lipinski definition) is 5. The van der Waals surface area contributed by atoms with Gasteiger partial charge in [-0.25, -0.2) is 0 Å². The first-order chi connectivity index (χ1) is 18.1. The first-order valence-electron chi connectivity index (χ1n) is 13.0. The molecule has 1 saturated carbocycles. The molecule has 0 spiro atoms. The van der Waals surface area contributed by atoms with Crippen LogP contribution >= 0.6 is 0 Å². The van der Waals surface area contributed by atoms with Gasteiger partial charge in [-0.2, -0.15) is 0 Å². The Bertz CT molecular complexity index is 1230. The molecule has 3 aromatic rings. The smallest absolute Gasteiger partial charge is 0.258 e. The molecule has 0 N–H and O–H groups in total. The molecule has 3 aromatic carbocycles. The summed E-state index contributed by atoms with van der Waals surface area (Å²) in [5, 5.41) is 0. The number of hydrogen-bond donors (Lipinski definition) is 0. The molecule has 2 aliphatic rings. The number of ether oxygens (including phenoxy) is 4. The maximum Gasteiger partial charge on any atom is 0.258 e. The molecule has 0 saturated heterocycles. The summed E-state index contributed by atoms with van der Waals surface area (Å²) in [6, 6.07) is 20.4. The maximum absolute atomic E-state index is 14.0. The van der Waals surface area contributed by atoms with Crippen molar-refractivity contribution in [3.8, 4) is 23.0 Å². The van der Waals surface area contributed by atoms with E-state index in [1.165, 1.54) is 11.1 Å². The van der Waals surface area contributed by atoms with Crippen LogP contribution in [-0.2, 0) is 19.4 Å². The van der Waals surface area contributed by atoms with Crippen molar-refractivity contribution >= 4 is 5.91 Å². The van der Waals surface area contributed by atoms with Gasteiger partial charge in [-0.1, -0.05) is 49.2 Å². The zero-order valence-electron chi connectivity index (χ0n) is 21.9. The van der Waals surface area contributed by atoms with Crippen LogP contribution in [0.15, 0.2) is 60.7 Å². The van der Waals surface area contributed by atoms with Gasteiger partial charge in [-0.15, -0.1) is 0 Å². The predicted octanol–water partition coefficient (Wildman–Crippen LogP) is 5.84. The molecule has 1 amide bonds. The molecular weight excluding hydrogens is 466 g/mol. The van der Waals surface area contributed by atoms with Crippen LogP contribution in [0.2, 0.25) is 0 Å². The molecule has 0 bridgehead atoms. The number of carbonyl (C=O) groups is 1. The predicted molar refractivity (Wildman–Crippen MR) is 143 cm³/mol. The summed E-state index contributed by atoms with van der Waals surface area (Å²) in [4.78, 5) is 16.0. The largest absolute Gasteiger partial charge is 0.493 e. The van der Waals surface area contributed by atoms with E-state index in [9.17, 15) is 4.79 Å². The van der Waals surface area contributed by atoms with E-state index < -0.39 is 0 Å². The third-order valence-corrected chi connectivity index (χ3v) is 7.53. The fourth-order valence-corrected chi connectivity index (χ4v) is 5.72. The second-order valence-corrected chi connectivity index (χ2v) is 9.82. The molecule has 1 fully saturated rings. The van der Waals surface area contributed by atoms with Crippen LogP contribution in [-0.4, -0.2) is 44.3 Å². The Morgan fingerprint density at radius 3 is 2.19 bits per heavy atom. The Kier molecular flexibility index (Phi) is 7.54. The van der Waals surface area contributed by atoms with Gasteiger partial charge in [0.25, 0.3) is 5.91 Å². The fourth-order valence-electron chi connectivity index (χ4n) is 5.72. The number of benzene rings is 3. The van der Waals surface area contributed by atoms with Crippen molar-refractivity contribution < 1.29 is 23.7 Å². The quantitative estimate of drug-likeness (QED) is 0.369. The van der Waals surface area contributed by atoms with Crippen LogP contribution in [0, 0.1) is 0 Å². The Hall–Kier alpha value is -3.67. The minimum Gasteiger partial charge on any atom is -0.493 e. The third kappa shape index (κ3) is 5.24. The van der Waals surface area contributed by atoms with Crippen molar-refractivity contribution in [2.75, 3.05) is 21.3 Å². The van der Waals surface area contributed by atoms with Crippen LogP contribution in [0.1, 0.15) is 52.7 Å². The van der Waals surface area contributed by atoms with Crippen LogP contribution in [0.5, 0.6) is 23.0 Å². The Labute approximate surface area is 219 Å². The summed E-state index contributed by atoms with van der Waals surface area (Å²) in [5.41, 5.74) is 4.26. The van der Waals surface area contributed by atoms with Gasteiger partial charge in [0.2, 0.25) is 5.75 Å². The highest BCUT2D eigenvalue weighted by molar-refractivity contribution is 5.98. The SMILES string of the molecule is COc1ccc(C(=O)N(Cc2cccc(OC3Cc4ccccc4C3)c2)C2CCCC2)c(OC)c1OC. The molecule has 37 heavy (non-hydrogen) atoms. The van der Waals surface area contributed by atoms with Crippen molar-refractivity contribution in [1.82, 2.24) is 4.90 Å². The third-order valence-electron chi connectivity index (χ3n) is 7.53. The van der Waals surface area contributed by atoms with Gasteiger partial charge in [-0.3, -0.25) is 4.79 Å². The summed E-state index contributed by atoms with van der Waals surface area (Å²) < 4.78 is 23.0. The lowest BCUT2D eigenvalue weighted by Crippen LogP contribution is -2.38. The van der Waals surface area contributed by atoms with Crippen LogP contribution in [0.4, 0.5) is 0 Å². The van der Waals surface area contributed by atoms with Gasteiger partial charge >= 0.3 is 0 Å². The standard InChI is InChI=1S/C31H35NO5/c1-34-28-16-15-27(29(35-2)30(28)36-3)31(33)32(24-12-6-7-13-24)20-21-9-8-14-25(17-21)37-26-18-22-10-4-5-11-23(22)19-26/h4-5,8-11,14-17,24,26H,6-7,12-13,18-20H2,1-3H3. The molecule has 194 valence electrons. The summed E-state index contributed by atoms with van der Waals surface area (Å²) in [6.07, 6.45) is 6.23. The Balaban J connectivity index is 1.38. The average molecular weight is 502 g/mol. The molecule has 6 heteroatoms. The van der Waals surface area contributed by atoms with E-state index in [1.807, 2.05) is 17.0 Å². The zero-order chi connectivity index (χ0) is 25.8. The molecule has 2 aliphatic carbocycles. The minimum absolute atomic E-state index is 0.0673. The van der Waals surface area contributed by atoms with Crippen molar-refractivity contribution in [2.45, 2.75) is 57.2 Å². The number of amides is 1. The molecular formula is C31H35NO5. The highest BCUT2D eigenvalue weighted by Gasteiger charge is 2.31. The molecule has 0 aliphatic heterocycles. The highest BCUT2D eigenvalue weighted by atomic mass is 16.5. The van der Waals surface area contributed by atoms with E-state index in [1.54, 1.807) is 33.5 Å². The summed E-state index contributed by atoms with van der Waals surface area (Å²) >= 11 is 0. The van der Waals surface area contributed by atoms with Gasteiger partial charge in [0.15, 0.2) is 11.5 Å². The normalized spacial score (nSPS) is 15.3. The van der Waals surface area contributed by atoms with Crippen molar-refractivity contribution in [1.29, 1.82) is 0 Å². The molecule has 0 unspecified atom stereocenters. The summed E-state index contributed by atoms with van der Waals surface area (Å²) in [5.74, 6) is 2.13. The minimum atomic E-state index is -0.0673. The van der Waals surface area contributed by atoms with Gasteiger partial charge in [-0.05, 0) is 53.8 Å². The number of fused-ring (bicyclic) bond motifs is 1. The van der Waals surface area contributed by atoms with Crippen molar-refractivity contribution in [3.63, 3.8) is 0 Å². The highest BCUT2D eigenvalue weighted by Crippen LogP contribution is 2.41. The van der Waals surface area contributed by atoms with Gasteiger partial charge in [0.1, 0.15) is 11.9 Å². The Morgan fingerprint density at radius 2 is 1.54 bits per heavy atom. The fraction of sp³-hybridized carbons (Fsp3) is 0.387. The summed E-state index contributed by atoms with van der Waals surface area (Å²) in [6.45, 7) is 0.503. The molecule has 0 atom stereocenters. The lowest BCUT2D eigenvalue weighted by molar-refractivity contribution is 0.0660. The number of carbonyl (C=O) groups excluding carboxylic acids is 1. The monoisotopic (exact) mass is 501 g/mol. The lowest BCUT2D eigenvalue weighted by atomic mass is 10.1. The number of rotatable bonds is 9. The zero-order valence-corrected chi connectivity index (χ0v) is 21.9. The van der Waals surface area contributed by atoms with E-state index in [0.29, 0.717) is 29.4 Å². The van der Waals surface area contributed by atoms with E-state index in [0.717, 1.165) is 49.8 Å². The lowest BCUT2D eigenvalue weighted by Gasteiger charge is -2.30. The van der Waals surface area contributed by atoms with Crippen molar-refractivity contribution in [3.05, 3.63) is 82.9 Å². The van der Waals surface area contributed by atoms with E-state index in [2.05, 4.69) is 36.4 Å². The van der Waals surface area contributed by atoms with Crippen LogP contribution in [0.25, 0.3) is 0 Å². The number of nitrogens with zero attached hydrogens (tertiary/aromatic N) is 1. The maximum atomic E-state index is 14.0. The second kappa shape index (κ2) is 11.2. The van der Waals surface area contributed by atoms with Gasteiger partial charge in [0.05, 0.1) is 26.9 Å². The molecule has 5 rings (SSSR count). The molecule has 0 aromatic heterocycles.